The van der Waals surface area contributed by atoms with Gasteiger partial charge in [-0.1, -0.05) is 23.7 Å². The normalized spacial score (nSPS) is 13.7. The molecule has 0 bridgehead atoms. The van der Waals surface area contributed by atoms with E-state index in [4.69, 9.17) is 11.6 Å². The Hall–Kier alpha value is -1.65. The van der Waals surface area contributed by atoms with Crippen LogP contribution in [0.5, 0.6) is 0 Å². The van der Waals surface area contributed by atoms with Gasteiger partial charge >= 0.3 is 0 Å². The van der Waals surface area contributed by atoms with Crippen molar-refractivity contribution in [3.05, 3.63) is 50.9 Å². The minimum atomic E-state index is -0.0741. The van der Waals surface area contributed by atoms with Crippen molar-refractivity contribution in [2.24, 2.45) is 0 Å². The molecule has 0 amide bonds. The van der Waals surface area contributed by atoms with Crippen molar-refractivity contribution in [2.45, 2.75) is 13.1 Å². The lowest BCUT2D eigenvalue weighted by Crippen LogP contribution is -2.15. The first-order chi connectivity index (χ1) is 8.24. The Morgan fingerprint density at radius 1 is 1.29 bits per heavy atom. The molecule has 1 aromatic carbocycles. The lowest BCUT2D eigenvalue weighted by atomic mass is 10.2. The van der Waals surface area contributed by atoms with Gasteiger partial charge in [-0.15, -0.1) is 0 Å². The predicted octanol–water partition coefficient (Wildman–Crippen LogP) is 1.69. The molecule has 0 aliphatic carbocycles. The molecule has 5 heteroatoms. The van der Waals surface area contributed by atoms with Crippen molar-refractivity contribution in [2.75, 3.05) is 0 Å². The molecule has 17 heavy (non-hydrogen) atoms. The van der Waals surface area contributed by atoms with E-state index in [1.54, 1.807) is 12.1 Å². The van der Waals surface area contributed by atoms with Crippen LogP contribution >= 0.6 is 11.6 Å². The maximum absolute atomic E-state index is 11.8. The lowest BCUT2D eigenvalue weighted by Gasteiger charge is -2.03. The number of hydrogen-bond acceptors (Lipinski definition) is 3. The Labute approximate surface area is 103 Å². The fraction of sp³-hybridized carbons (Fsp3) is 0.167. The summed E-state index contributed by atoms with van der Waals surface area (Å²) in [5.74, 6) is 0.569. The Morgan fingerprint density at radius 3 is 3.00 bits per heavy atom. The van der Waals surface area contributed by atoms with Crippen molar-refractivity contribution in [3.8, 4) is 11.4 Å². The number of aromatic nitrogens is 2. The van der Waals surface area contributed by atoms with E-state index in [-0.39, 0.29) is 5.56 Å². The maximum atomic E-state index is 11.8. The Kier molecular flexibility index (Phi) is 2.46. The third kappa shape index (κ3) is 1.85. The minimum Gasteiger partial charge on any atom is -0.307 e. The molecule has 0 saturated heterocycles. The van der Waals surface area contributed by atoms with Crippen LogP contribution in [0, 0.1) is 0 Å². The van der Waals surface area contributed by atoms with Gasteiger partial charge in [0.2, 0.25) is 0 Å². The van der Waals surface area contributed by atoms with Gasteiger partial charge in [0, 0.05) is 23.7 Å². The van der Waals surface area contributed by atoms with Crippen LogP contribution in [0.3, 0.4) is 0 Å². The molecule has 1 aliphatic heterocycles. The molecule has 0 unspecified atom stereocenters. The highest BCUT2D eigenvalue weighted by Gasteiger charge is 2.16. The number of nitrogens with one attached hydrogen (secondary N) is 2. The number of fused-ring (bicyclic) bond motifs is 1. The molecule has 86 valence electrons. The molecular formula is C12H10ClN3O. The van der Waals surface area contributed by atoms with Gasteiger partial charge in [0.25, 0.3) is 5.56 Å². The second-order valence-corrected chi connectivity index (χ2v) is 4.39. The number of aromatic amines is 1. The number of H-pyrrole nitrogens is 1. The van der Waals surface area contributed by atoms with Gasteiger partial charge in [-0.3, -0.25) is 4.79 Å². The maximum Gasteiger partial charge on any atom is 0.255 e. The SMILES string of the molecule is O=c1[nH]c(-c2cccc(Cl)c2)nc2c1CNC2. The van der Waals surface area contributed by atoms with E-state index in [0.29, 0.717) is 23.9 Å². The van der Waals surface area contributed by atoms with Crippen LogP contribution in [0.1, 0.15) is 11.3 Å². The molecule has 4 nitrogen and oxygen atoms in total. The Balaban J connectivity index is 2.16. The largest absolute Gasteiger partial charge is 0.307 e. The van der Waals surface area contributed by atoms with Crippen LogP contribution in [0.2, 0.25) is 5.02 Å². The number of rotatable bonds is 1. The van der Waals surface area contributed by atoms with Crippen molar-refractivity contribution >= 4 is 11.6 Å². The number of benzene rings is 1. The zero-order chi connectivity index (χ0) is 11.8. The predicted molar refractivity (Wildman–Crippen MR) is 65.8 cm³/mol. The minimum absolute atomic E-state index is 0.0741. The lowest BCUT2D eigenvalue weighted by molar-refractivity contribution is 0.757. The van der Waals surface area contributed by atoms with Gasteiger partial charge in [0.15, 0.2) is 0 Å². The smallest absolute Gasteiger partial charge is 0.255 e. The molecule has 0 spiro atoms. The van der Waals surface area contributed by atoms with Crippen molar-refractivity contribution < 1.29 is 0 Å². The summed E-state index contributed by atoms with van der Waals surface area (Å²) >= 11 is 5.92. The van der Waals surface area contributed by atoms with E-state index in [1.165, 1.54) is 0 Å². The van der Waals surface area contributed by atoms with Crippen molar-refractivity contribution in [1.29, 1.82) is 0 Å². The first kappa shape index (κ1) is 10.5. The van der Waals surface area contributed by atoms with Gasteiger partial charge in [-0.25, -0.2) is 4.98 Å². The third-order valence-electron chi connectivity index (χ3n) is 2.79. The van der Waals surface area contributed by atoms with Crippen LogP contribution in [-0.2, 0) is 13.1 Å². The van der Waals surface area contributed by atoms with E-state index in [0.717, 1.165) is 16.8 Å². The molecule has 1 aliphatic rings. The number of halogens is 1. The fourth-order valence-corrected chi connectivity index (χ4v) is 2.14. The first-order valence-corrected chi connectivity index (χ1v) is 5.70. The second kappa shape index (κ2) is 3.98. The Morgan fingerprint density at radius 2 is 2.18 bits per heavy atom. The monoisotopic (exact) mass is 247 g/mol. The molecule has 0 atom stereocenters. The van der Waals surface area contributed by atoms with Crippen LogP contribution in [0.25, 0.3) is 11.4 Å². The standard InChI is InChI=1S/C12H10ClN3O/c13-8-3-1-2-7(4-8)11-15-10-6-14-5-9(10)12(17)16-11/h1-4,14H,5-6H2,(H,15,16,17). The van der Waals surface area contributed by atoms with E-state index in [9.17, 15) is 4.79 Å². The average molecular weight is 248 g/mol. The summed E-state index contributed by atoms with van der Waals surface area (Å²) in [4.78, 5) is 19.1. The number of hydrogen-bond donors (Lipinski definition) is 2. The second-order valence-electron chi connectivity index (χ2n) is 3.95. The van der Waals surface area contributed by atoms with Gasteiger partial charge < -0.3 is 10.3 Å². The molecular weight excluding hydrogens is 238 g/mol. The van der Waals surface area contributed by atoms with Crippen molar-refractivity contribution in [3.63, 3.8) is 0 Å². The zero-order valence-corrected chi connectivity index (χ0v) is 9.71. The third-order valence-corrected chi connectivity index (χ3v) is 3.03. The molecule has 0 saturated carbocycles. The van der Waals surface area contributed by atoms with Crippen LogP contribution in [0.15, 0.2) is 29.1 Å². The fourth-order valence-electron chi connectivity index (χ4n) is 1.95. The molecule has 1 aromatic heterocycles. The summed E-state index contributed by atoms with van der Waals surface area (Å²) in [6, 6.07) is 7.29. The summed E-state index contributed by atoms with van der Waals surface area (Å²) in [5.41, 5.74) is 2.30. The van der Waals surface area contributed by atoms with Crippen molar-refractivity contribution in [1.82, 2.24) is 15.3 Å². The van der Waals surface area contributed by atoms with E-state index >= 15 is 0 Å². The summed E-state index contributed by atoms with van der Waals surface area (Å²) in [6.45, 7) is 1.24. The summed E-state index contributed by atoms with van der Waals surface area (Å²) in [7, 11) is 0. The van der Waals surface area contributed by atoms with Gasteiger partial charge in [-0.2, -0.15) is 0 Å². The molecule has 2 N–H and O–H groups in total. The summed E-state index contributed by atoms with van der Waals surface area (Å²) in [6.07, 6.45) is 0. The van der Waals surface area contributed by atoms with E-state index in [2.05, 4.69) is 15.3 Å². The van der Waals surface area contributed by atoms with E-state index in [1.807, 2.05) is 12.1 Å². The van der Waals surface area contributed by atoms with Gasteiger partial charge in [-0.05, 0) is 12.1 Å². The average Bonchev–Trinajstić information content (AvgIpc) is 2.77. The summed E-state index contributed by atoms with van der Waals surface area (Å²) < 4.78 is 0. The Bertz CT molecular complexity index is 636. The molecule has 0 radical (unpaired) electrons. The number of nitrogens with zero attached hydrogens (tertiary/aromatic N) is 1. The van der Waals surface area contributed by atoms with Gasteiger partial charge in [0.05, 0.1) is 11.3 Å². The molecule has 0 fully saturated rings. The topological polar surface area (TPSA) is 57.8 Å². The highest BCUT2D eigenvalue weighted by atomic mass is 35.5. The quantitative estimate of drug-likeness (QED) is 0.806. The molecule has 2 aromatic rings. The molecule has 2 heterocycles. The van der Waals surface area contributed by atoms with Crippen LogP contribution < -0.4 is 10.9 Å². The molecule has 3 rings (SSSR count). The van der Waals surface area contributed by atoms with Crippen LogP contribution in [-0.4, -0.2) is 9.97 Å². The van der Waals surface area contributed by atoms with Gasteiger partial charge in [0.1, 0.15) is 5.82 Å². The summed E-state index contributed by atoms with van der Waals surface area (Å²) in [5, 5.41) is 3.74. The van der Waals surface area contributed by atoms with Crippen LogP contribution in [0.4, 0.5) is 0 Å². The first-order valence-electron chi connectivity index (χ1n) is 5.33. The van der Waals surface area contributed by atoms with E-state index < -0.39 is 0 Å². The highest BCUT2D eigenvalue weighted by Crippen LogP contribution is 2.20. The zero-order valence-electron chi connectivity index (χ0n) is 8.96. The highest BCUT2D eigenvalue weighted by molar-refractivity contribution is 6.30.